The normalized spacial score (nSPS) is 23.6. The molecular formula is C16H23N3O. The topological polar surface area (TPSA) is 45.2 Å². The smallest absolute Gasteiger partial charge is 0.226 e. The minimum Gasteiger partial charge on any atom is -0.338 e. The lowest BCUT2D eigenvalue weighted by atomic mass is 9.91. The molecule has 1 spiro atoms. The van der Waals surface area contributed by atoms with Crippen molar-refractivity contribution < 1.29 is 4.79 Å². The number of hydrogen-bond acceptors (Lipinski definition) is 3. The fourth-order valence-corrected chi connectivity index (χ4v) is 3.45. The van der Waals surface area contributed by atoms with E-state index in [-0.39, 0.29) is 5.92 Å². The summed E-state index contributed by atoms with van der Waals surface area (Å²) in [6, 6.07) is 3.98. The van der Waals surface area contributed by atoms with Crippen LogP contribution < -0.4 is 5.32 Å². The van der Waals surface area contributed by atoms with Crippen LogP contribution in [0.25, 0.3) is 0 Å². The lowest BCUT2D eigenvalue weighted by Gasteiger charge is -2.26. The molecule has 4 heteroatoms. The summed E-state index contributed by atoms with van der Waals surface area (Å²) in [6.45, 7) is 5.70. The molecule has 1 N–H and O–H groups in total. The average Bonchev–Trinajstić information content (AvgIpc) is 3.19. The third-order valence-corrected chi connectivity index (χ3v) is 4.90. The fraction of sp³-hybridized carbons (Fsp3) is 0.625. The number of piperidine rings is 1. The Hall–Kier alpha value is -1.42. The van der Waals surface area contributed by atoms with Gasteiger partial charge in [-0.25, -0.2) is 0 Å². The standard InChI is InChI=1S/C16H23N3O/c1-2-19(12-13-3-7-17-8-4-13)15(20)14-11-16(14)5-9-18-10-6-16/h3-4,7-8,14,18H,2,5-6,9-12H2,1H3. The molecule has 1 aliphatic carbocycles. The van der Waals surface area contributed by atoms with E-state index < -0.39 is 0 Å². The zero-order valence-electron chi connectivity index (χ0n) is 12.1. The number of rotatable bonds is 4. The first-order chi connectivity index (χ1) is 9.75. The third-order valence-electron chi connectivity index (χ3n) is 4.90. The molecule has 1 aromatic rings. The van der Waals surface area contributed by atoms with Gasteiger partial charge in [-0.05, 0) is 62.4 Å². The van der Waals surface area contributed by atoms with E-state index in [1.165, 1.54) is 0 Å². The van der Waals surface area contributed by atoms with Gasteiger partial charge in [0.25, 0.3) is 0 Å². The Balaban J connectivity index is 1.63. The zero-order chi connectivity index (χ0) is 14.0. The summed E-state index contributed by atoms with van der Waals surface area (Å²) >= 11 is 0. The molecule has 1 amide bonds. The van der Waals surface area contributed by atoms with Gasteiger partial charge >= 0.3 is 0 Å². The molecule has 1 saturated carbocycles. The minimum atomic E-state index is 0.270. The third kappa shape index (κ3) is 2.57. The van der Waals surface area contributed by atoms with E-state index in [1.807, 2.05) is 17.0 Å². The first-order valence-corrected chi connectivity index (χ1v) is 7.63. The number of amides is 1. The van der Waals surface area contributed by atoms with Crippen molar-refractivity contribution >= 4 is 5.91 Å². The van der Waals surface area contributed by atoms with Crippen molar-refractivity contribution in [1.82, 2.24) is 15.2 Å². The van der Waals surface area contributed by atoms with E-state index in [1.54, 1.807) is 12.4 Å². The zero-order valence-corrected chi connectivity index (χ0v) is 12.1. The molecule has 3 rings (SSSR count). The van der Waals surface area contributed by atoms with Crippen LogP contribution in [0.4, 0.5) is 0 Å². The largest absolute Gasteiger partial charge is 0.338 e. The quantitative estimate of drug-likeness (QED) is 0.910. The van der Waals surface area contributed by atoms with Gasteiger partial charge in [0.05, 0.1) is 0 Å². The van der Waals surface area contributed by atoms with Crippen molar-refractivity contribution in [3.05, 3.63) is 30.1 Å². The summed E-state index contributed by atoms with van der Waals surface area (Å²) < 4.78 is 0. The number of nitrogens with zero attached hydrogens (tertiary/aromatic N) is 2. The summed E-state index contributed by atoms with van der Waals surface area (Å²) in [7, 11) is 0. The number of pyridine rings is 1. The van der Waals surface area contributed by atoms with Gasteiger partial charge in [0, 0.05) is 31.4 Å². The van der Waals surface area contributed by atoms with Crippen LogP contribution in [0, 0.1) is 11.3 Å². The number of hydrogen-bond donors (Lipinski definition) is 1. The molecule has 2 fully saturated rings. The molecule has 0 bridgehead atoms. The van der Waals surface area contributed by atoms with E-state index in [2.05, 4.69) is 17.2 Å². The van der Waals surface area contributed by atoms with Gasteiger partial charge in [-0.3, -0.25) is 9.78 Å². The Kier molecular flexibility index (Phi) is 3.74. The summed E-state index contributed by atoms with van der Waals surface area (Å²) in [5.41, 5.74) is 1.49. The first-order valence-electron chi connectivity index (χ1n) is 7.63. The van der Waals surface area contributed by atoms with E-state index in [0.29, 0.717) is 17.9 Å². The van der Waals surface area contributed by atoms with Crippen molar-refractivity contribution in [2.45, 2.75) is 32.7 Å². The van der Waals surface area contributed by atoms with Crippen LogP contribution >= 0.6 is 0 Å². The highest BCUT2D eigenvalue weighted by Gasteiger charge is 2.58. The monoisotopic (exact) mass is 273 g/mol. The average molecular weight is 273 g/mol. The second-order valence-corrected chi connectivity index (χ2v) is 6.08. The number of aromatic nitrogens is 1. The van der Waals surface area contributed by atoms with E-state index in [4.69, 9.17) is 0 Å². The molecule has 2 heterocycles. The van der Waals surface area contributed by atoms with Crippen LogP contribution in [0.1, 0.15) is 31.7 Å². The van der Waals surface area contributed by atoms with E-state index in [0.717, 1.165) is 44.5 Å². The molecule has 20 heavy (non-hydrogen) atoms. The van der Waals surface area contributed by atoms with Gasteiger partial charge in [0.1, 0.15) is 0 Å². The van der Waals surface area contributed by atoms with Crippen molar-refractivity contribution in [3.8, 4) is 0 Å². The molecule has 1 aromatic heterocycles. The maximum atomic E-state index is 12.7. The lowest BCUT2D eigenvalue weighted by Crippen LogP contribution is -2.36. The molecule has 2 aliphatic rings. The second kappa shape index (κ2) is 5.52. The highest BCUT2D eigenvalue weighted by molar-refractivity contribution is 5.82. The Morgan fingerprint density at radius 1 is 1.40 bits per heavy atom. The number of carbonyl (C=O) groups is 1. The molecule has 1 saturated heterocycles. The van der Waals surface area contributed by atoms with Crippen LogP contribution in [-0.4, -0.2) is 35.4 Å². The van der Waals surface area contributed by atoms with Crippen molar-refractivity contribution in [3.63, 3.8) is 0 Å². The van der Waals surface area contributed by atoms with Gasteiger partial charge in [-0.2, -0.15) is 0 Å². The lowest BCUT2D eigenvalue weighted by molar-refractivity contribution is -0.134. The van der Waals surface area contributed by atoms with Crippen molar-refractivity contribution in [2.24, 2.45) is 11.3 Å². The molecule has 1 unspecified atom stereocenters. The van der Waals surface area contributed by atoms with E-state index >= 15 is 0 Å². The molecule has 0 aromatic carbocycles. The van der Waals surface area contributed by atoms with Crippen LogP contribution in [-0.2, 0) is 11.3 Å². The highest BCUT2D eigenvalue weighted by Crippen LogP contribution is 2.59. The van der Waals surface area contributed by atoms with Gasteiger partial charge in [0.2, 0.25) is 5.91 Å². The SMILES string of the molecule is CCN(Cc1ccncc1)C(=O)C1CC12CCNCC2. The molecule has 1 atom stereocenters. The Morgan fingerprint density at radius 3 is 2.75 bits per heavy atom. The Morgan fingerprint density at radius 2 is 2.10 bits per heavy atom. The predicted molar refractivity (Wildman–Crippen MR) is 78.0 cm³/mol. The number of carbonyl (C=O) groups excluding carboxylic acids is 1. The molecular weight excluding hydrogens is 250 g/mol. The summed E-state index contributed by atoms with van der Waals surface area (Å²) in [5.74, 6) is 0.623. The fourth-order valence-electron chi connectivity index (χ4n) is 3.45. The van der Waals surface area contributed by atoms with Gasteiger partial charge in [-0.15, -0.1) is 0 Å². The van der Waals surface area contributed by atoms with Crippen molar-refractivity contribution in [1.29, 1.82) is 0 Å². The minimum absolute atomic E-state index is 0.270. The van der Waals surface area contributed by atoms with Gasteiger partial charge in [-0.1, -0.05) is 0 Å². The van der Waals surface area contributed by atoms with Gasteiger partial charge < -0.3 is 10.2 Å². The molecule has 108 valence electrons. The molecule has 0 radical (unpaired) electrons. The van der Waals surface area contributed by atoms with E-state index in [9.17, 15) is 4.79 Å². The maximum Gasteiger partial charge on any atom is 0.226 e. The summed E-state index contributed by atoms with van der Waals surface area (Å²) in [4.78, 5) is 18.7. The summed E-state index contributed by atoms with van der Waals surface area (Å²) in [5, 5.41) is 3.39. The predicted octanol–water partition coefficient (Wildman–Crippen LogP) is 1.82. The summed E-state index contributed by atoms with van der Waals surface area (Å²) in [6.07, 6.45) is 7.00. The number of nitrogens with one attached hydrogen (secondary N) is 1. The second-order valence-electron chi connectivity index (χ2n) is 6.08. The van der Waals surface area contributed by atoms with Crippen molar-refractivity contribution in [2.75, 3.05) is 19.6 Å². The van der Waals surface area contributed by atoms with Gasteiger partial charge in [0.15, 0.2) is 0 Å². The Bertz CT molecular complexity index is 468. The van der Waals surface area contributed by atoms with Crippen LogP contribution in [0.5, 0.6) is 0 Å². The van der Waals surface area contributed by atoms with Crippen LogP contribution in [0.15, 0.2) is 24.5 Å². The molecule has 4 nitrogen and oxygen atoms in total. The van der Waals surface area contributed by atoms with Crippen LogP contribution in [0.2, 0.25) is 0 Å². The first kappa shape index (κ1) is 13.6. The maximum absolute atomic E-state index is 12.7. The van der Waals surface area contributed by atoms with Crippen LogP contribution in [0.3, 0.4) is 0 Å². The highest BCUT2D eigenvalue weighted by atomic mass is 16.2. The Labute approximate surface area is 120 Å². The molecule has 1 aliphatic heterocycles.